The molecule has 11 heteroatoms. The number of methoxy groups -OCH3 is 2. The molecule has 0 radical (unpaired) electrons. The molecule has 0 spiro atoms. The molecule has 1 N–H and O–H groups in total. The van der Waals surface area contributed by atoms with Crippen molar-refractivity contribution in [1.29, 1.82) is 0 Å². The first kappa shape index (κ1) is 28.4. The highest BCUT2D eigenvalue weighted by Crippen LogP contribution is 2.36. The van der Waals surface area contributed by atoms with Crippen LogP contribution in [0.25, 0.3) is 10.6 Å². The molecular formula is C26H33FN4O5S. The van der Waals surface area contributed by atoms with Gasteiger partial charge < -0.3 is 24.0 Å². The zero-order valence-electron chi connectivity index (χ0n) is 21.7. The second-order valence-corrected chi connectivity index (χ2v) is 9.87. The Hall–Kier alpha value is -3.15. The molecule has 2 aliphatic rings. The molecule has 37 heavy (non-hydrogen) atoms. The van der Waals surface area contributed by atoms with Crippen molar-refractivity contribution in [2.45, 2.75) is 45.2 Å². The average molecular weight is 533 g/mol. The highest BCUT2D eigenvalue weighted by Gasteiger charge is 2.40. The van der Waals surface area contributed by atoms with Gasteiger partial charge in [0.05, 0.1) is 5.56 Å². The lowest BCUT2D eigenvalue weighted by molar-refractivity contribution is 0.0653. The van der Waals surface area contributed by atoms with Gasteiger partial charge in [0.25, 0.3) is 5.91 Å². The van der Waals surface area contributed by atoms with Gasteiger partial charge in [-0.1, -0.05) is 23.5 Å². The Balaban J connectivity index is 0.000000488. The van der Waals surface area contributed by atoms with E-state index in [1.54, 1.807) is 49.1 Å². The number of halogens is 1. The summed E-state index contributed by atoms with van der Waals surface area (Å²) in [5.74, 6) is -1.14. The monoisotopic (exact) mass is 532 g/mol. The first-order valence-electron chi connectivity index (χ1n) is 12.0. The van der Waals surface area contributed by atoms with Crippen molar-refractivity contribution >= 4 is 17.2 Å². The molecule has 2 aromatic heterocycles. The van der Waals surface area contributed by atoms with Gasteiger partial charge in [-0.25, -0.2) is 4.39 Å². The Bertz CT molecular complexity index is 1250. The summed E-state index contributed by atoms with van der Waals surface area (Å²) in [6.45, 7) is 5.28. The molecule has 0 bridgehead atoms. The van der Waals surface area contributed by atoms with Crippen molar-refractivity contribution < 1.29 is 23.8 Å². The van der Waals surface area contributed by atoms with E-state index in [1.807, 2.05) is 13.8 Å². The van der Waals surface area contributed by atoms with Crippen molar-refractivity contribution in [1.82, 2.24) is 19.7 Å². The topological polar surface area (TPSA) is 107 Å². The van der Waals surface area contributed by atoms with Gasteiger partial charge in [-0.15, -0.1) is 10.2 Å². The number of ether oxygens (including phenoxy) is 2. The van der Waals surface area contributed by atoms with E-state index in [2.05, 4.69) is 19.7 Å². The van der Waals surface area contributed by atoms with Crippen LogP contribution >= 0.6 is 11.3 Å². The van der Waals surface area contributed by atoms with Gasteiger partial charge >= 0.3 is 0 Å². The number of aromatic hydroxyl groups is 1. The van der Waals surface area contributed by atoms with Crippen molar-refractivity contribution in [3.8, 4) is 16.3 Å². The molecule has 1 aliphatic carbocycles. The number of hydrogen-bond acceptors (Lipinski definition) is 8. The lowest BCUT2D eigenvalue weighted by atomic mass is 10.1. The molecule has 1 aromatic carbocycles. The van der Waals surface area contributed by atoms with E-state index < -0.39 is 11.2 Å². The third-order valence-electron chi connectivity index (χ3n) is 5.85. The van der Waals surface area contributed by atoms with Crippen LogP contribution in [0.3, 0.4) is 0 Å². The maximum atomic E-state index is 13.1. The SMILES string of the molecule is CC1CN(C2CC2)C(=O)c2c(O)c(=O)c(-c3nnc(Cc4ccc(F)cc4)s3)cn21.CCOC.COC. The smallest absolute Gasteiger partial charge is 0.274 e. The summed E-state index contributed by atoms with van der Waals surface area (Å²) >= 11 is 1.24. The number of benzene rings is 1. The molecule has 5 rings (SSSR count). The molecule has 1 aliphatic heterocycles. The zero-order chi connectivity index (χ0) is 27.1. The molecular weight excluding hydrogens is 499 g/mol. The predicted octanol–water partition coefficient (Wildman–Crippen LogP) is 3.90. The molecule has 9 nitrogen and oxygen atoms in total. The molecule has 1 saturated carbocycles. The summed E-state index contributed by atoms with van der Waals surface area (Å²) in [6, 6.07) is 6.25. The Morgan fingerprint density at radius 3 is 2.32 bits per heavy atom. The lowest BCUT2D eigenvalue weighted by Crippen LogP contribution is -2.44. The third-order valence-corrected chi connectivity index (χ3v) is 6.81. The van der Waals surface area contributed by atoms with E-state index in [0.29, 0.717) is 23.0 Å². The van der Waals surface area contributed by atoms with Gasteiger partial charge in [0.15, 0.2) is 16.5 Å². The minimum atomic E-state index is -0.621. The van der Waals surface area contributed by atoms with Crippen LogP contribution in [0.2, 0.25) is 0 Å². The van der Waals surface area contributed by atoms with Gasteiger partial charge in [-0.2, -0.15) is 0 Å². The number of fused-ring (bicyclic) bond motifs is 1. The number of rotatable bonds is 5. The van der Waals surface area contributed by atoms with E-state index in [1.165, 1.54) is 23.5 Å². The maximum absolute atomic E-state index is 13.1. The van der Waals surface area contributed by atoms with Crippen LogP contribution in [0.15, 0.2) is 35.3 Å². The Kier molecular flexibility index (Phi) is 9.90. The summed E-state index contributed by atoms with van der Waals surface area (Å²) in [4.78, 5) is 27.5. The van der Waals surface area contributed by atoms with Crippen molar-refractivity contribution in [2.24, 2.45) is 0 Å². The highest BCUT2D eigenvalue weighted by molar-refractivity contribution is 7.14. The number of nitrogens with zero attached hydrogens (tertiary/aromatic N) is 4. The number of amides is 1. The molecule has 3 heterocycles. The van der Waals surface area contributed by atoms with E-state index in [4.69, 9.17) is 0 Å². The summed E-state index contributed by atoms with van der Waals surface area (Å²) in [5, 5.41) is 19.9. The van der Waals surface area contributed by atoms with Gasteiger partial charge in [-0.05, 0) is 44.4 Å². The minimum Gasteiger partial charge on any atom is -0.503 e. The molecule has 1 unspecified atom stereocenters. The Morgan fingerprint density at radius 2 is 1.76 bits per heavy atom. The van der Waals surface area contributed by atoms with Gasteiger partial charge in [-0.3, -0.25) is 9.59 Å². The number of carbonyl (C=O) groups excluding carboxylic acids is 1. The highest BCUT2D eigenvalue weighted by atomic mass is 32.1. The fraction of sp³-hybridized carbons (Fsp3) is 0.462. The minimum absolute atomic E-state index is 0.0467. The molecule has 1 atom stereocenters. The third kappa shape index (κ3) is 6.79. The van der Waals surface area contributed by atoms with Crippen LogP contribution in [0.4, 0.5) is 4.39 Å². The number of aromatic nitrogens is 3. The first-order valence-corrected chi connectivity index (χ1v) is 12.8. The molecule has 0 saturated heterocycles. The van der Waals surface area contributed by atoms with Crippen LogP contribution in [-0.2, 0) is 15.9 Å². The van der Waals surface area contributed by atoms with E-state index in [-0.39, 0.29) is 35.1 Å². The second-order valence-electron chi connectivity index (χ2n) is 8.80. The van der Waals surface area contributed by atoms with Crippen LogP contribution in [-0.4, -0.2) is 71.2 Å². The predicted molar refractivity (Wildman–Crippen MR) is 140 cm³/mol. The summed E-state index contributed by atoms with van der Waals surface area (Å²) in [6.07, 6.45) is 3.99. The van der Waals surface area contributed by atoms with Gasteiger partial charge in [0, 0.05) is 59.2 Å². The van der Waals surface area contributed by atoms with Gasteiger partial charge in [0.1, 0.15) is 10.8 Å². The van der Waals surface area contributed by atoms with Crippen molar-refractivity contribution in [3.05, 3.63) is 62.8 Å². The summed E-state index contributed by atoms with van der Waals surface area (Å²) in [7, 11) is 4.93. The second kappa shape index (κ2) is 12.9. The number of pyridine rings is 1. The maximum Gasteiger partial charge on any atom is 0.274 e. The Morgan fingerprint density at radius 1 is 1.14 bits per heavy atom. The normalized spacial score (nSPS) is 16.3. The van der Waals surface area contributed by atoms with E-state index in [0.717, 1.165) is 25.0 Å². The fourth-order valence-electron chi connectivity index (χ4n) is 3.83. The van der Waals surface area contributed by atoms with E-state index in [9.17, 15) is 19.1 Å². The number of carbonyl (C=O) groups is 1. The first-order chi connectivity index (χ1) is 17.7. The largest absolute Gasteiger partial charge is 0.503 e. The molecule has 1 fully saturated rings. The Labute approximate surface area is 219 Å². The van der Waals surface area contributed by atoms with Crippen molar-refractivity contribution in [3.63, 3.8) is 0 Å². The quantitative estimate of drug-likeness (QED) is 0.531. The van der Waals surface area contributed by atoms with Crippen molar-refractivity contribution in [2.75, 3.05) is 34.5 Å². The van der Waals surface area contributed by atoms with Crippen LogP contribution in [0, 0.1) is 5.82 Å². The van der Waals surface area contributed by atoms with Crippen LogP contribution in [0.1, 0.15) is 53.8 Å². The molecule has 200 valence electrons. The average Bonchev–Trinajstić information content (AvgIpc) is 3.63. The summed E-state index contributed by atoms with van der Waals surface area (Å²) < 4.78 is 23.6. The fourth-order valence-corrected chi connectivity index (χ4v) is 4.72. The van der Waals surface area contributed by atoms with Crippen LogP contribution in [0.5, 0.6) is 5.75 Å². The molecule has 1 amide bonds. The zero-order valence-corrected chi connectivity index (χ0v) is 22.5. The summed E-state index contributed by atoms with van der Waals surface area (Å²) in [5.41, 5.74) is 0.525. The number of hydrogen-bond donors (Lipinski definition) is 1. The molecule has 3 aromatic rings. The standard InChI is InChI=1S/C21H19FN4O3S.C3H8O.C2H6O/c1-11-9-26(14-6-7-14)21(29)17-19(28)18(27)15(10-25(11)17)20-24-23-16(30-20)8-12-2-4-13(22)5-3-12;1-3-4-2;1-3-2/h2-5,10-11,14,28H,6-9H2,1H3;3H2,1-2H3;1-2H3. The lowest BCUT2D eigenvalue weighted by Gasteiger charge is -2.35. The van der Waals surface area contributed by atoms with Gasteiger partial charge in [0.2, 0.25) is 5.43 Å². The van der Waals surface area contributed by atoms with Crippen LogP contribution < -0.4 is 5.43 Å². The van der Waals surface area contributed by atoms with E-state index >= 15 is 0 Å².